The molecule has 2 nitrogen and oxygen atoms in total. The Balaban J connectivity index is 1.06. The number of furan rings is 1. The highest BCUT2D eigenvalue weighted by molar-refractivity contribution is 6.24. The van der Waals surface area contributed by atoms with E-state index in [0.29, 0.717) is 0 Å². The zero-order chi connectivity index (χ0) is 41.5. The summed E-state index contributed by atoms with van der Waals surface area (Å²) >= 11 is 0. The van der Waals surface area contributed by atoms with Gasteiger partial charge in [0.25, 0.3) is 0 Å². The van der Waals surface area contributed by atoms with Crippen LogP contribution in [0.4, 0.5) is 17.1 Å². The lowest BCUT2D eigenvalue weighted by Gasteiger charge is -2.29. The lowest BCUT2D eigenvalue weighted by Crippen LogP contribution is -2.18. The van der Waals surface area contributed by atoms with Crippen LogP contribution in [0.1, 0.15) is 49.9 Å². The molecule has 1 heterocycles. The van der Waals surface area contributed by atoms with Gasteiger partial charge in [-0.3, -0.25) is 0 Å². The lowest BCUT2D eigenvalue weighted by molar-refractivity contribution is 0.660. The van der Waals surface area contributed by atoms with Crippen molar-refractivity contribution >= 4 is 71.3 Å². The average Bonchev–Trinajstić information content (AvgIpc) is 3.87. The molecule has 0 radical (unpaired) electrons. The van der Waals surface area contributed by atoms with Gasteiger partial charge in [-0.1, -0.05) is 161 Å². The van der Waals surface area contributed by atoms with Crippen LogP contribution in [0.5, 0.6) is 0 Å². The zero-order valence-corrected chi connectivity index (χ0v) is 35.3. The molecule has 10 aromatic carbocycles. The minimum atomic E-state index is -0.135. The summed E-state index contributed by atoms with van der Waals surface area (Å²) in [5, 5.41) is 9.54. The quantitative estimate of drug-likeness (QED) is 0.165. The van der Waals surface area contributed by atoms with Gasteiger partial charge < -0.3 is 9.32 Å². The first kappa shape index (κ1) is 35.3. The molecule has 0 fully saturated rings. The van der Waals surface area contributed by atoms with E-state index in [1.165, 1.54) is 82.4 Å². The van der Waals surface area contributed by atoms with E-state index in [4.69, 9.17) is 4.42 Å². The Morgan fingerprint density at radius 1 is 0.339 bits per heavy atom. The van der Waals surface area contributed by atoms with Crippen LogP contribution in [-0.2, 0) is 10.8 Å². The van der Waals surface area contributed by atoms with E-state index >= 15 is 0 Å². The molecule has 0 atom stereocenters. The standard InChI is InChI=1S/C60H43NO/c1-59(2)52-23-13-11-21-45(52)47-28-25-39(34-54(47)59)61(40-26-29-48-46-22-12-14-24-53(46)60(3,4)55(48)35-40)38-27-30-56-49(33-38)51-32-37-16-6-8-18-42(37)57(58(51)62-56)50-31-36-15-5-7-17-41(36)43-19-9-10-20-44(43)50/h5-35H,1-4H3. The third-order valence-electron chi connectivity index (χ3n) is 14.4. The predicted octanol–water partition coefficient (Wildman–Crippen LogP) is 16.8. The summed E-state index contributed by atoms with van der Waals surface area (Å²) < 4.78 is 7.08. The summed E-state index contributed by atoms with van der Waals surface area (Å²) in [6, 6.07) is 69.8. The third-order valence-corrected chi connectivity index (χ3v) is 14.4. The van der Waals surface area contributed by atoms with Gasteiger partial charge >= 0.3 is 0 Å². The number of benzene rings is 10. The smallest absolute Gasteiger partial charge is 0.143 e. The van der Waals surface area contributed by atoms with Gasteiger partial charge in [0.1, 0.15) is 11.2 Å². The van der Waals surface area contributed by atoms with Crippen molar-refractivity contribution < 1.29 is 4.42 Å². The molecule has 0 bridgehead atoms. The summed E-state index contributed by atoms with van der Waals surface area (Å²) in [7, 11) is 0. The Bertz CT molecular complexity index is 3600. The van der Waals surface area contributed by atoms with Gasteiger partial charge in [0, 0.05) is 44.2 Å². The first-order valence-corrected chi connectivity index (χ1v) is 21.8. The molecule has 62 heavy (non-hydrogen) atoms. The summed E-state index contributed by atoms with van der Waals surface area (Å²) in [4.78, 5) is 2.47. The van der Waals surface area contributed by atoms with E-state index in [1.54, 1.807) is 0 Å². The van der Waals surface area contributed by atoms with Crippen LogP contribution in [0.15, 0.2) is 192 Å². The van der Waals surface area contributed by atoms with Crippen molar-refractivity contribution in [3.63, 3.8) is 0 Å². The predicted molar refractivity (Wildman–Crippen MR) is 261 cm³/mol. The van der Waals surface area contributed by atoms with Gasteiger partial charge in [0.05, 0.1) is 0 Å². The van der Waals surface area contributed by atoms with Gasteiger partial charge in [-0.15, -0.1) is 0 Å². The maximum absolute atomic E-state index is 7.08. The van der Waals surface area contributed by atoms with Gasteiger partial charge in [-0.05, 0) is 137 Å². The Morgan fingerprint density at radius 2 is 0.823 bits per heavy atom. The summed E-state index contributed by atoms with van der Waals surface area (Å²) in [6.07, 6.45) is 0. The summed E-state index contributed by atoms with van der Waals surface area (Å²) in [5.74, 6) is 0. The second kappa shape index (κ2) is 12.6. The van der Waals surface area contributed by atoms with Gasteiger partial charge in [0.15, 0.2) is 0 Å². The van der Waals surface area contributed by atoms with Crippen LogP contribution in [0, 0.1) is 0 Å². The molecule has 13 rings (SSSR count). The molecule has 294 valence electrons. The zero-order valence-electron chi connectivity index (χ0n) is 35.3. The van der Waals surface area contributed by atoms with Crippen molar-refractivity contribution in [2.24, 2.45) is 0 Å². The van der Waals surface area contributed by atoms with Crippen molar-refractivity contribution in [3.05, 3.63) is 210 Å². The van der Waals surface area contributed by atoms with Gasteiger partial charge in [-0.25, -0.2) is 0 Å². The molecule has 0 saturated carbocycles. The third kappa shape index (κ3) is 4.81. The van der Waals surface area contributed by atoms with Crippen molar-refractivity contribution in [2.75, 3.05) is 4.90 Å². The first-order valence-electron chi connectivity index (χ1n) is 21.8. The monoisotopic (exact) mass is 793 g/mol. The van der Waals surface area contributed by atoms with Gasteiger partial charge in [0.2, 0.25) is 0 Å². The van der Waals surface area contributed by atoms with E-state index in [2.05, 4.69) is 221 Å². The molecule has 0 saturated heterocycles. The Morgan fingerprint density at radius 3 is 1.47 bits per heavy atom. The number of rotatable bonds is 4. The molecule has 11 aromatic rings. The topological polar surface area (TPSA) is 16.4 Å². The van der Waals surface area contributed by atoms with Crippen molar-refractivity contribution in [3.8, 4) is 33.4 Å². The maximum Gasteiger partial charge on any atom is 0.143 e. The van der Waals surface area contributed by atoms with Crippen LogP contribution in [-0.4, -0.2) is 0 Å². The maximum atomic E-state index is 7.08. The molecule has 2 aliphatic carbocycles. The molecular weight excluding hydrogens is 751 g/mol. The van der Waals surface area contributed by atoms with Crippen LogP contribution < -0.4 is 4.90 Å². The van der Waals surface area contributed by atoms with E-state index in [9.17, 15) is 0 Å². The largest absolute Gasteiger partial charge is 0.455 e. The van der Waals surface area contributed by atoms with E-state index in [-0.39, 0.29) is 10.8 Å². The highest BCUT2D eigenvalue weighted by Gasteiger charge is 2.38. The molecule has 0 amide bonds. The van der Waals surface area contributed by atoms with Crippen molar-refractivity contribution in [1.82, 2.24) is 0 Å². The SMILES string of the molecule is CC1(C)c2ccccc2-c2ccc(N(c3ccc4c(c3)C(C)(C)c3ccccc3-4)c3ccc4oc5c(-c6cc7ccccc7c7ccccc67)c6ccccc6cc5c4c3)cc21. The van der Waals surface area contributed by atoms with E-state index < -0.39 is 0 Å². The number of hydrogen-bond donors (Lipinski definition) is 0. The van der Waals surface area contributed by atoms with Gasteiger partial charge in [-0.2, -0.15) is 0 Å². The molecular formula is C60H43NO. The van der Waals surface area contributed by atoms with Crippen molar-refractivity contribution in [1.29, 1.82) is 0 Å². The Hall–Kier alpha value is -7.42. The Labute approximate surface area is 361 Å². The minimum absolute atomic E-state index is 0.135. The van der Waals surface area contributed by atoms with E-state index in [0.717, 1.165) is 44.6 Å². The molecule has 2 aliphatic rings. The second-order valence-electron chi connectivity index (χ2n) is 18.5. The highest BCUT2D eigenvalue weighted by atomic mass is 16.3. The minimum Gasteiger partial charge on any atom is -0.455 e. The molecule has 0 N–H and O–H groups in total. The fourth-order valence-corrected chi connectivity index (χ4v) is 11.3. The average molecular weight is 794 g/mol. The highest BCUT2D eigenvalue weighted by Crippen LogP contribution is 2.54. The molecule has 0 unspecified atom stereocenters. The number of nitrogens with zero attached hydrogens (tertiary/aromatic N) is 1. The lowest BCUT2D eigenvalue weighted by atomic mass is 9.82. The number of hydrogen-bond acceptors (Lipinski definition) is 2. The summed E-state index contributed by atoms with van der Waals surface area (Å²) in [5.41, 5.74) is 18.0. The van der Waals surface area contributed by atoms with Crippen LogP contribution in [0.2, 0.25) is 0 Å². The molecule has 0 spiro atoms. The molecule has 0 aliphatic heterocycles. The van der Waals surface area contributed by atoms with Crippen LogP contribution in [0.25, 0.3) is 87.6 Å². The van der Waals surface area contributed by atoms with Crippen LogP contribution in [0.3, 0.4) is 0 Å². The van der Waals surface area contributed by atoms with E-state index in [1.807, 2.05) is 0 Å². The number of fused-ring (bicyclic) bond motifs is 13. The van der Waals surface area contributed by atoms with Crippen LogP contribution >= 0.6 is 0 Å². The van der Waals surface area contributed by atoms with Crippen molar-refractivity contribution in [2.45, 2.75) is 38.5 Å². The fraction of sp³-hybridized carbons (Fsp3) is 0.100. The fourth-order valence-electron chi connectivity index (χ4n) is 11.3. The molecule has 2 heteroatoms. The normalized spacial score (nSPS) is 14.4. The number of anilines is 3. The Kier molecular flexibility index (Phi) is 7.16. The summed E-state index contributed by atoms with van der Waals surface area (Å²) in [6.45, 7) is 9.47. The molecule has 1 aromatic heterocycles. The second-order valence-corrected chi connectivity index (χ2v) is 18.5. The first-order chi connectivity index (χ1) is 30.3.